The molecule has 0 saturated heterocycles. The first-order valence-electron chi connectivity index (χ1n) is 5.90. The lowest BCUT2D eigenvalue weighted by Crippen LogP contribution is -2.10. The van der Waals surface area contributed by atoms with Crippen molar-refractivity contribution in [2.75, 3.05) is 11.9 Å². The molecule has 2 rings (SSSR count). The number of aryl methyl sites for hydroxylation is 1. The zero-order chi connectivity index (χ0) is 13.1. The van der Waals surface area contributed by atoms with Crippen LogP contribution in [0.2, 0.25) is 5.02 Å². The van der Waals surface area contributed by atoms with Crippen LogP contribution in [0.15, 0.2) is 42.5 Å². The average molecular weight is 261 g/mol. The van der Waals surface area contributed by atoms with E-state index in [1.165, 1.54) is 5.56 Å². The summed E-state index contributed by atoms with van der Waals surface area (Å²) in [5, 5.41) is 0.724. The molecule has 2 aromatic rings. The number of nitrogens with two attached hydrogens (primary N) is 1. The maximum Gasteiger partial charge on any atom is 0.0646 e. The van der Waals surface area contributed by atoms with Crippen LogP contribution in [0.3, 0.4) is 0 Å². The Hall–Kier alpha value is -1.51. The summed E-state index contributed by atoms with van der Waals surface area (Å²) in [6.07, 6.45) is 0. The van der Waals surface area contributed by atoms with Crippen molar-refractivity contribution in [2.24, 2.45) is 5.73 Å². The summed E-state index contributed by atoms with van der Waals surface area (Å²) in [5.41, 5.74) is 9.99. The molecule has 2 aromatic carbocycles. The standard InChI is InChI=1S/C15H17ClN2/c1-11-4-3-5-13(8-11)18(2)15-7-6-12(10-17)9-14(15)16/h3-9H,10,17H2,1-2H3. The SMILES string of the molecule is Cc1cccc(N(C)c2ccc(CN)cc2Cl)c1. The Morgan fingerprint density at radius 1 is 1.17 bits per heavy atom. The molecule has 0 saturated carbocycles. The summed E-state index contributed by atoms with van der Waals surface area (Å²) in [5.74, 6) is 0. The van der Waals surface area contributed by atoms with Gasteiger partial charge < -0.3 is 10.6 Å². The minimum atomic E-state index is 0.508. The molecule has 0 amide bonds. The highest BCUT2D eigenvalue weighted by Crippen LogP contribution is 2.31. The fourth-order valence-corrected chi connectivity index (χ4v) is 2.25. The minimum Gasteiger partial charge on any atom is -0.343 e. The summed E-state index contributed by atoms with van der Waals surface area (Å²) in [7, 11) is 2.01. The van der Waals surface area contributed by atoms with Gasteiger partial charge in [0.15, 0.2) is 0 Å². The van der Waals surface area contributed by atoms with Gasteiger partial charge in [-0.1, -0.05) is 29.8 Å². The van der Waals surface area contributed by atoms with E-state index in [9.17, 15) is 0 Å². The van der Waals surface area contributed by atoms with Crippen molar-refractivity contribution >= 4 is 23.0 Å². The topological polar surface area (TPSA) is 29.3 Å². The molecule has 2 nitrogen and oxygen atoms in total. The third-order valence-electron chi connectivity index (χ3n) is 3.00. The zero-order valence-corrected chi connectivity index (χ0v) is 11.4. The van der Waals surface area contributed by atoms with Crippen LogP contribution < -0.4 is 10.6 Å². The third-order valence-corrected chi connectivity index (χ3v) is 3.30. The minimum absolute atomic E-state index is 0.508. The van der Waals surface area contributed by atoms with E-state index in [0.717, 1.165) is 22.0 Å². The van der Waals surface area contributed by atoms with Crippen LogP contribution in [-0.2, 0) is 6.54 Å². The Balaban J connectivity index is 2.37. The van der Waals surface area contributed by atoms with E-state index in [0.29, 0.717) is 6.54 Å². The third kappa shape index (κ3) is 2.66. The Morgan fingerprint density at radius 3 is 2.56 bits per heavy atom. The van der Waals surface area contributed by atoms with E-state index < -0.39 is 0 Å². The predicted molar refractivity (Wildman–Crippen MR) is 78.6 cm³/mol. The molecular formula is C15H17ClN2. The van der Waals surface area contributed by atoms with Gasteiger partial charge in [0.2, 0.25) is 0 Å². The molecule has 0 aromatic heterocycles. The maximum absolute atomic E-state index is 6.30. The molecular weight excluding hydrogens is 244 g/mol. The molecule has 0 spiro atoms. The van der Waals surface area contributed by atoms with Crippen LogP contribution in [0.5, 0.6) is 0 Å². The molecule has 0 aliphatic heterocycles. The number of benzene rings is 2. The molecule has 0 aliphatic carbocycles. The zero-order valence-electron chi connectivity index (χ0n) is 10.7. The number of hydrogen-bond acceptors (Lipinski definition) is 2. The predicted octanol–water partition coefficient (Wildman–Crippen LogP) is 3.88. The molecule has 0 unspecified atom stereocenters. The van der Waals surface area contributed by atoms with Crippen LogP contribution in [0, 0.1) is 6.92 Å². The second-order valence-electron chi connectivity index (χ2n) is 4.39. The summed E-state index contributed by atoms with van der Waals surface area (Å²) >= 11 is 6.30. The lowest BCUT2D eigenvalue weighted by atomic mass is 10.1. The lowest BCUT2D eigenvalue weighted by Gasteiger charge is -2.21. The summed E-state index contributed by atoms with van der Waals surface area (Å²) in [6, 6.07) is 14.3. The molecule has 0 bridgehead atoms. The van der Waals surface area contributed by atoms with Gasteiger partial charge in [-0.05, 0) is 42.3 Å². The van der Waals surface area contributed by atoms with Gasteiger partial charge in [0.25, 0.3) is 0 Å². The largest absolute Gasteiger partial charge is 0.343 e. The highest BCUT2D eigenvalue weighted by molar-refractivity contribution is 6.33. The van der Waals surface area contributed by atoms with Gasteiger partial charge in [-0.2, -0.15) is 0 Å². The molecule has 0 fully saturated rings. The first-order valence-corrected chi connectivity index (χ1v) is 6.28. The lowest BCUT2D eigenvalue weighted by molar-refractivity contribution is 1.07. The Labute approximate surface area is 113 Å². The Morgan fingerprint density at radius 2 is 1.94 bits per heavy atom. The van der Waals surface area contributed by atoms with Crippen molar-refractivity contribution in [3.05, 3.63) is 58.6 Å². The van der Waals surface area contributed by atoms with Crippen LogP contribution in [0.25, 0.3) is 0 Å². The van der Waals surface area contributed by atoms with Gasteiger partial charge in [-0.15, -0.1) is 0 Å². The van der Waals surface area contributed by atoms with E-state index in [1.807, 2.05) is 31.3 Å². The number of nitrogens with zero attached hydrogens (tertiary/aromatic N) is 1. The van der Waals surface area contributed by atoms with Crippen molar-refractivity contribution in [2.45, 2.75) is 13.5 Å². The summed E-state index contributed by atoms with van der Waals surface area (Å²) < 4.78 is 0. The molecule has 3 heteroatoms. The van der Waals surface area contributed by atoms with Crippen molar-refractivity contribution in [3.8, 4) is 0 Å². The molecule has 0 aliphatic rings. The van der Waals surface area contributed by atoms with Crippen molar-refractivity contribution in [3.63, 3.8) is 0 Å². The monoisotopic (exact) mass is 260 g/mol. The normalized spacial score (nSPS) is 10.4. The average Bonchev–Trinajstić information content (AvgIpc) is 2.37. The second kappa shape index (κ2) is 5.42. The quantitative estimate of drug-likeness (QED) is 0.908. The van der Waals surface area contributed by atoms with E-state index >= 15 is 0 Å². The molecule has 94 valence electrons. The maximum atomic E-state index is 6.30. The van der Waals surface area contributed by atoms with E-state index in [-0.39, 0.29) is 0 Å². The van der Waals surface area contributed by atoms with Gasteiger partial charge >= 0.3 is 0 Å². The van der Waals surface area contributed by atoms with Crippen LogP contribution in [0.1, 0.15) is 11.1 Å². The van der Waals surface area contributed by atoms with Crippen molar-refractivity contribution in [1.29, 1.82) is 0 Å². The van der Waals surface area contributed by atoms with Crippen molar-refractivity contribution < 1.29 is 0 Å². The first kappa shape index (κ1) is 12.9. The van der Waals surface area contributed by atoms with Crippen LogP contribution in [0.4, 0.5) is 11.4 Å². The fraction of sp³-hybridized carbons (Fsp3) is 0.200. The highest BCUT2D eigenvalue weighted by Gasteiger charge is 2.08. The second-order valence-corrected chi connectivity index (χ2v) is 4.80. The Kier molecular flexibility index (Phi) is 3.90. The number of anilines is 2. The number of halogens is 1. The van der Waals surface area contributed by atoms with Crippen molar-refractivity contribution in [1.82, 2.24) is 0 Å². The fourth-order valence-electron chi connectivity index (χ4n) is 1.93. The van der Waals surface area contributed by atoms with E-state index in [4.69, 9.17) is 17.3 Å². The highest BCUT2D eigenvalue weighted by atomic mass is 35.5. The number of rotatable bonds is 3. The summed E-state index contributed by atoms with van der Waals surface area (Å²) in [4.78, 5) is 2.08. The van der Waals surface area contributed by atoms with Crippen LogP contribution in [-0.4, -0.2) is 7.05 Å². The Bertz CT molecular complexity index is 552. The summed E-state index contributed by atoms with van der Waals surface area (Å²) in [6.45, 7) is 2.59. The van der Waals surface area contributed by atoms with Crippen LogP contribution >= 0.6 is 11.6 Å². The van der Waals surface area contributed by atoms with Gasteiger partial charge in [0, 0.05) is 19.3 Å². The van der Waals surface area contributed by atoms with Gasteiger partial charge in [-0.3, -0.25) is 0 Å². The molecule has 0 atom stereocenters. The molecule has 2 N–H and O–H groups in total. The van der Waals surface area contributed by atoms with E-state index in [1.54, 1.807) is 0 Å². The smallest absolute Gasteiger partial charge is 0.0646 e. The van der Waals surface area contributed by atoms with E-state index in [2.05, 4.69) is 30.0 Å². The van der Waals surface area contributed by atoms with Gasteiger partial charge in [0.1, 0.15) is 0 Å². The number of hydrogen-bond donors (Lipinski definition) is 1. The molecule has 0 radical (unpaired) electrons. The van der Waals surface area contributed by atoms with Gasteiger partial charge in [-0.25, -0.2) is 0 Å². The first-order chi connectivity index (χ1) is 8.61. The molecule has 18 heavy (non-hydrogen) atoms. The molecule has 0 heterocycles. The van der Waals surface area contributed by atoms with Gasteiger partial charge in [0.05, 0.1) is 10.7 Å².